The van der Waals surface area contributed by atoms with E-state index in [1.54, 1.807) is 24.3 Å². The predicted molar refractivity (Wildman–Crippen MR) is 82.6 cm³/mol. The normalized spacial score (nSPS) is 10.5. The average Bonchev–Trinajstić information content (AvgIpc) is 2.39. The van der Waals surface area contributed by atoms with Crippen LogP contribution in [0.1, 0.15) is 38.8 Å². The first-order chi connectivity index (χ1) is 8.93. The summed E-state index contributed by atoms with van der Waals surface area (Å²) < 4.78 is 0. The third kappa shape index (κ3) is 5.60. The predicted octanol–water partition coefficient (Wildman–Crippen LogP) is 4.94. The SMILES string of the molecule is CCc1cccc(C(C)(C)C)c1.Oc1ccccc1. The van der Waals surface area contributed by atoms with E-state index in [4.69, 9.17) is 5.11 Å². The van der Waals surface area contributed by atoms with Crippen LogP contribution in [0.15, 0.2) is 54.6 Å². The molecule has 0 spiro atoms. The van der Waals surface area contributed by atoms with Gasteiger partial charge < -0.3 is 5.11 Å². The lowest BCUT2D eigenvalue weighted by atomic mass is 9.86. The molecule has 1 nitrogen and oxygen atoms in total. The van der Waals surface area contributed by atoms with Crippen LogP contribution in [-0.4, -0.2) is 5.11 Å². The first-order valence-electron chi connectivity index (χ1n) is 6.77. The number of rotatable bonds is 1. The van der Waals surface area contributed by atoms with Crippen LogP contribution in [0.4, 0.5) is 0 Å². The van der Waals surface area contributed by atoms with Crippen molar-refractivity contribution in [3.05, 3.63) is 65.7 Å². The molecule has 0 aliphatic rings. The van der Waals surface area contributed by atoms with Crippen molar-refractivity contribution in [2.24, 2.45) is 0 Å². The summed E-state index contributed by atoms with van der Waals surface area (Å²) >= 11 is 0. The maximum atomic E-state index is 8.63. The van der Waals surface area contributed by atoms with Crippen molar-refractivity contribution in [3.63, 3.8) is 0 Å². The first kappa shape index (κ1) is 15.3. The molecule has 2 rings (SSSR count). The number of aromatic hydroxyl groups is 1. The Morgan fingerprint density at radius 1 is 0.895 bits per heavy atom. The standard InChI is InChI=1S/C12H18.C6H6O/c1-5-10-7-6-8-11(9-10)12(2,3)4;7-6-4-2-1-3-5-6/h6-9H,5H2,1-4H3;1-5,7H. The van der Waals surface area contributed by atoms with E-state index in [2.05, 4.69) is 52.0 Å². The van der Waals surface area contributed by atoms with E-state index in [-0.39, 0.29) is 5.41 Å². The number of phenols is 1. The topological polar surface area (TPSA) is 20.2 Å². The second kappa shape index (κ2) is 6.98. The highest BCUT2D eigenvalue weighted by atomic mass is 16.3. The van der Waals surface area contributed by atoms with Crippen LogP contribution in [-0.2, 0) is 11.8 Å². The van der Waals surface area contributed by atoms with Crippen LogP contribution in [0.2, 0.25) is 0 Å². The Morgan fingerprint density at radius 3 is 1.95 bits per heavy atom. The van der Waals surface area contributed by atoms with Gasteiger partial charge in [-0.15, -0.1) is 0 Å². The van der Waals surface area contributed by atoms with Crippen LogP contribution < -0.4 is 0 Å². The Kier molecular flexibility index (Phi) is 5.62. The van der Waals surface area contributed by atoms with Gasteiger partial charge in [0.2, 0.25) is 0 Å². The van der Waals surface area contributed by atoms with Crippen molar-refractivity contribution < 1.29 is 5.11 Å². The summed E-state index contributed by atoms with van der Waals surface area (Å²) in [5.74, 6) is 0.322. The van der Waals surface area contributed by atoms with Gasteiger partial charge in [-0.3, -0.25) is 0 Å². The molecule has 0 atom stereocenters. The van der Waals surface area contributed by atoms with E-state index in [1.807, 2.05) is 6.07 Å². The molecule has 0 aliphatic carbocycles. The minimum atomic E-state index is 0.283. The fourth-order valence-corrected chi connectivity index (χ4v) is 1.69. The fourth-order valence-electron chi connectivity index (χ4n) is 1.69. The quantitative estimate of drug-likeness (QED) is 0.766. The molecule has 19 heavy (non-hydrogen) atoms. The van der Waals surface area contributed by atoms with Crippen LogP contribution in [0.5, 0.6) is 5.75 Å². The summed E-state index contributed by atoms with van der Waals surface area (Å²) in [5, 5.41) is 8.63. The summed E-state index contributed by atoms with van der Waals surface area (Å²) in [4.78, 5) is 0. The molecule has 2 aromatic carbocycles. The molecule has 0 saturated carbocycles. The number of hydrogen-bond acceptors (Lipinski definition) is 1. The zero-order chi connectivity index (χ0) is 14.3. The summed E-state index contributed by atoms with van der Waals surface area (Å²) in [6.07, 6.45) is 1.13. The largest absolute Gasteiger partial charge is 0.508 e. The highest BCUT2D eigenvalue weighted by Crippen LogP contribution is 2.22. The van der Waals surface area contributed by atoms with E-state index in [0.717, 1.165) is 6.42 Å². The molecule has 0 fully saturated rings. The average molecular weight is 256 g/mol. The van der Waals surface area contributed by atoms with E-state index in [9.17, 15) is 0 Å². The lowest BCUT2D eigenvalue weighted by Gasteiger charge is -2.19. The van der Waals surface area contributed by atoms with Gasteiger partial charge in [-0.1, -0.05) is 70.2 Å². The van der Waals surface area contributed by atoms with Crippen LogP contribution >= 0.6 is 0 Å². The minimum Gasteiger partial charge on any atom is -0.508 e. The van der Waals surface area contributed by atoms with Crippen molar-refractivity contribution >= 4 is 0 Å². The van der Waals surface area contributed by atoms with Crippen molar-refractivity contribution in [2.75, 3.05) is 0 Å². The summed E-state index contributed by atoms with van der Waals surface area (Å²) in [7, 11) is 0. The van der Waals surface area contributed by atoms with Crippen molar-refractivity contribution in [1.82, 2.24) is 0 Å². The smallest absolute Gasteiger partial charge is 0.115 e. The van der Waals surface area contributed by atoms with Crippen molar-refractivity contribution in [1.29, 1.82) is 0 Å². The number of aryl methyl sites for hydroxylation is 1. The van der Waals surface area contributed by atoms with E-state index in [0.29, 0.717) is 5.75 Å². The zero-order valence-corrected chi connectivity index (χ0v) is 12.4. The fraction of sp³-hybridized carbons (Fsp3) is 0.333. The third-order valence-electron chi connectivity index (χ3n) is 2.96. The molecule has 0 radical (unpaired) electrons. The number of hydrogen-bond donors (Lipinski definition) is 1. The third-order valence-corrected chi connectivity index (χ3v) is 2.96. The number of para-hydroxylation sites is 1. The second-order valence-corrected chi connectivity index (χ2v) is 5.64. The van der Waals surface area contributed by atoms with Crippen LogP contribution in [0.3, 0.4) is 0 Å². The molecular formula is C18H24O. The summed E-state index contributed by atoms with van der Waals surface area (Å²) in [6.45, 7) is 8.95. The molecule has 1 heteroatoms. The van der Waals surface area contributed by atoms with Crippen molar-refractivity contribution in [2.45, 2.75) is 39.5 Å². The summed E-state index contributed by atoms with van der Waals surface area (Å²) in [5.41, 5.74) is 3.15. The maximum absolute atomic E-state index is 8.63. The maximum Gasteiger partial charge on any atom is 0.115 e. The Bertz CT molecular complexity index is 481. The van der Waals surface area contributed by atoms with Crippen LogP contribution in [0, 0.1) is 0 Å². The molecule has 2 aromatic rings. The molecular weight excluding hydrogens is 232 g/mol. The monoisotopic (exact) mass is 256 g/mol. The molecule has 0 aliphatic heterocycles. The van der Waals surface area contributed by atoms with Crippen molar-refractivity contribution in [3.8, 4) is 5.75 Å². The van der Waals surface area contributed by atoms with Gasteiger partial charge in [0, 0.05) is 0 Å². The number of benzene rings is 2. The van der Waals surface area contributed by atoms with Gasteiger partial charge in [0.25, 0.3) is 0 Å². The Labute approximate surface area is 116 Å². The van der Waals surface area contributed by atoms with Gasteiger partial charge in [-0.25, -0.2) is 0 Å². The van der Waals surface area contributed by atoms with Gasteiger partial charge >= 0.3 is 0 Å². The van der Waals surface area contributed by atoms with Crippen LogP contribution in [0.25, 0.3) is 0 Å². The first-order valence-corrected chi connectivity index (χ1v) is 6.77. The van der Waals surface area contributed by atoms with Gasteiger partial charge in [0.05, 0.1) is 0 Å². The molecule has 0 heterocycles. The highest BCUT2D eigenvalue weighted by molar-refractivity contribution is 5.28. The lowest BCUT2D eigenvalue weighted by Crippen LogP contribution is -2.10. The molecule has 102 valence electrons. The highest BCUT2D eigenvalue weighted by Gasteiger charge is 2.12. The lowest BCUT2D eigenvalue weighted by molar-refractivity contribution is 0.475. The van der Waals surface area contributed by atoms with E-state index < -0.39 is 0 Å². The second-order valence-electron chi connectivity index (χ2n) is 5.64. The summed E-state index contributed by atoms with van der Waals surface area (Å²) in [6, 6.07) is 17.6. The number of phenolic OH excluding ortho intramolecular Hbond substituents is 1. The van der Waals surface area contributed by atoms with Gasteiger partial charge in [-0.2, -0.15) is 0 Å². The van der Waals surface area contributed by atoms with E-state index >= 15 is 0 Å². The minimum absolute atomic E-state index is 0.283. The molecule has 0 bridgehead atoms. The molecule has 0 unspecified atom stereocenters. The van der Waals surface area contributed by atoms with Gasteiger partial charge in [0.1, 0.15) is 5.75 Å². The Morgan fingerprint density at radius 2 is 1.53 bits per heavy atom. The molecule has 0 saturated heterocycles. The molecule has 0 amide bonds. The van der Waals surface area contributed by atoms with E-state index in [1.165, 1.54) is 11.1 Å². The Balaban J connectivity index is 0.000000218. The zero-order valence-electron chi connectivity index (χ0n) is 12.4. The molecule has 1 N–H and O–H groups in total. The van der Waals surface area contributed by atoms with Gasteiger partial charge in [0.15, 0.2) is 0 Å². The Hall–Kier alpha value is -1.76. The molecule has 0 aromatic heterocycles. The van der Waals surface area contributed by atoms with Gasteiger partial charge in [-0.05, 0) is 35.1 Å².